The van der Waals surface area contributed by atoms with Gasteiger partial charge in [-0.15, -0.1) is 0 Å². The van der Waals surface area contributed by atoms with E-state index in [0.29, 0.717) is 11.1 Å². The van der Waals surface area contributed by atoms with E-state index in [0.717, 1.165) is 13.8 Å². The van der Waals surface area contributed by atoms with Crippen LogP contribution in [0.15, 0.2) is 60.7 Å². The van der Waals surface area contributed by atoms with Crippen LogP contribution in [0.4, 0.5) is 17.6 Å². The Balaban J connectivity index is 2.45. The summed E-state index contributed by atoms with van der Waals surface area (Å²) in [5.74, 6) is -3.81. The molecule has 27 heavy (non-hydrogen) atoms. The normalized spacial score (nSPS) is 16.4. The molecule has 2 rings (SSSR count). The lowest BCUT2D eigenvalue weighted by Crippen LogP contribution is -2.60. The summed E-state index contributed by atoms with van der Waals surface area (Å²) in [6.07, 6.45) is -7.15. The third-order valence-electron chi connectivity index (χ3n) is 4.64. The molecule has 0 bridgehead atoms. The Labute approximate surface area is 155 Å². The Morgan fingerprint density at radius 2 is 1.30 bits per heavy atom. The summed E-state index contributed by atoms with van der Waals surface area (Å²) in [6.45, 7) is 1.88. The number of aliphatic hydroxyl groups excluding tert-OH is 1. The van der Waals surface area contributed by atoms with Gasteiger partial charge in [-0.2, -0.15) is 13.2 Å². The number of rotatable bonds is 6. The van der Waals surface area contributed by atoms with Crippen LogP contribution in [0.3, 0.4) is 0 Å². The van der Waals surface area contributed by atoms with Crippen molar-refractivity contribution in [3.05, 3.63) is 71.8 Å². The number of halogens is 4. The summed E-state index contributed by atoms with van der Waals surface area (Å²) < 4.78 is 55.5. The minimum atomic E-state index is -5.48. The smallest absolute Gasteiger partial charge is 0.393 e. The minimum absolute atomic E-state index is 0.506. The molecule has 0 radical (unpaired) electrons. The topological polar surface area (TPSA) is 49.3 Å². The summed E-state index contributed by atoms with van der Waals surface area (Å²) in [6, 6.07) is 15.7. The molecule has 0 saturated carbocycles. The number of amides is 1. The minimum Gasteiger partial charge on any atom is -0.393 e. The SMILES string of the molecule is C[C@H](O)[C@H](C)[C@@](F)(C(=O)NC(c1ccccc1)c1ccccc1)C(F)(F)F. The predicted octanol–water partition coefficient (Wildman–Crippen LogP) is 4.18. The van der Waals surface area contributed by atoms with Crippen molar-refractivity contribution < 1.29 is 27.5 Å². The molecule has 2 aromatic rings. The second kappa shape index (κ2) is 8.08. The van der Waals surface area contributed by atoms with Gasteiger partial charge in [0.2, 0.25) is 0 Å². The van der Waals surface area contributed by atoms with Gasteiger partial charge in [-0.25, -0.2) is 4.39 Å². The standard InChI is InChI=1S/C20H21F4NO2/c1-13(14(2)26)19(21,20(22,23)24)18(27)25-17(15-9-5-3-6-10-15)16-11-7-4-8-12-16/h3-14,17,26H,1-2H3,(H,25,27)/t13-,14-,19+/m0/s1. The fourth-order valence-corrected chi connectivity index (χ4v) is 2.81. The average Bonchev–Trinajstić information content (AvgIpc) is 2.65. The highest BCUT2D eigenvalue weighted by Gasteiger charge is 2.66. The maximum absolute atomic E-state index is 15.0. The van der Waals surface area contributed by atoms with Gasteiger partial charge in [0, 0.05) is 5.92 Å². The molecule has 0 unspecified atom stereocenters. The molecule has 1 amide bonds. The highest BCUT2D eigenvalue weighted by molar-refractivity contribution is 5.87. The predicted molar refractivity (Wildman–Crippen MR) is 93.6 cm³/mol. The third-order valence-corrected chi connectivity index (χ3v) is 4.64. The fraction of sp³-hybridized carbons (Fsp3) is 0.350. The van der Waals surface area contributed by atoms with E-state index in [9.17, 15) is 23.1 Å². The summed E-state index contributed by atoms with van der Waals surface area (Å²) in [7, 11) is 0. The van der Waals surface area contributed by atoms with E-state index in [1.807, 2.05) is 0 Å². The maximum atomic E-state index is 15.0. The van der Waals surface area contributed by atoms with Gasteiger partial charge in [0.1, 0.15) is 0 Å². The summed E-state index contributed by atoms with van der Waals surface area (Å²) in [5.41, 5.74) is -3.22. The number of carbonyl (C=O) groups excluding carboxylic acids is 1. The highest BCUT2D eigenvalue weighted by atomic mass is 19.4. The zero-order valence-electron chi connectivity index (χ0n) is 14.9. The molecule has 2 aromatic carbocycles. The van der Waals surface area contributed by atoms with Crippen molar-refractivity contribution in [2.24, 2.45) is 5.92 Å². The Hall–Kier alpha value is -2.41. The van der Waals surface area contributed by atoms with E-state index in [4.69, 9.17) is 0 Å². The van der Waals surface area contributed by atoms with Crippen molar-refractivity contribution in [2.75, 3.05) is 0 Å². The van der Waals surface area contributed by atoms with Crippen LogP contribution in [0.5, 0.6) is 0 Å². The largest absolute Gasteiger partial charge is 0.432 e. The monoisotopic (exact) mass is 383 g/mol. The quantitative estimate of drug-likeness (QED) is 0.736. The molecule has 0 fully saturated rings. The lowest BCUT2D eigenvalue weighted by Gasteiger charge is -2.35. The average molecular weight is 383 g/mol. The molecule has 0 spiro atoms. The summed E-state index contributed by atoms with van der Waals surface area (Å²) >= 11 is 0. The van der Waals surface area contributed by atoms with Crippen LogP contribution >= 0.6 is 0 Å². The van der Waals surface area contributed by atoms with Gasteiger partial charge in [0.25, 0.3) is 11.6 Å². The van der Waals surface area contributed by atoms with Gasteiger partial charge in [0.15, 0.2) is 0 Å². The molecule has 0 aliphatic carbocycles. The van der Waals surface area contributed by atoms with Gasteiger partial charge in [-0.1, -0.05) is 67.6 Å². The molecule has 0 aliphatic rings. The first-order valence-electron chi connectivity index (χ1n) is 8.43. The lowest BCUT2D eigenvalue weighted by molar-refractivity contribution is -0.248. The Bertz CT molecular complexity index is 710. The number of benzene rings is 2. The zero-order chi connectivity index (χ0) is 20.2. The van der Waals surface area contributed by atoms with Crippen molar-refractivity contribution >= 4 is 5.91 Å². The molecular formula is C20H21F4NO2. The zero-order valence-corrected chi connectivity index (χ0v) is 14.9. The molecule has 0 heterocycles. The molecule has 0 aliphatic heterocycles. The van der Waals surface area contributed by atoms with E-state index in [2.05, 4.69) is 5.32 Å². The Morgan fingerprint density at radius 3 is 1.63 bits per heavy atom. The summed E-state index contributed by atoms with van der Waals surface area (Å²) in [4.78, 5) is 12.5. The van der Waals surface area contributed by atoms with Crippen molar-refractivity contribution in [3.63, 3.8) is 0 Å². The van der Waals surface area contributed by atoms with E-state index in [-0.39, 0.29) is 0 Å². The summed E-state index contributed by atoms with van der Waals surface area (Å²) in [5, 5.41) is 11.7. The van der Waals surface area contributed by atoms with Crippen molar-refractivity contribution in [1.82, 2.24) is 5.32 Å². The van der Waals surface area contributed by atoms with Crippen LogP contribution in [0.1, 0.15) is 31.0 Å². The molecule has 0 aromatic heterocycles. The number of hydrogen-bond acceptors (Lipinski definition) is 2. The number of alkyl halides is 4. The molecule has 7 heteroatoms. The molecule has 2 N–H and O–H groups in total. The van der Waals surface area contributed by atoms with Crippen LogP contribution in [-0.2, 0) is 4.79 Å². The second-order valence-electron chi connectivity index (χ2n) is 6.47. The van der Waals surface area contributed by atoms with Gasteiger partial charge < -0.3 is 10.4 Å². The van der Waals surface area contributed by atoms with E-state index >= 15 is 4.39 Å². The maximum Gasteiger partial charge on any atom is 0.432 e. The molecule has 3 nitrogen and oxygen atoms in total. The van der Waals surface area contributed by atoms with Gasteiger partial charge in [-0.3, -0.25) is 4.79 Å². The lowest BCUT2D eigenvalue weighted by atomic mass is 9.84. The Kier molecular flexibility index (Phi) is 6.26. The van der Waals surface area contributed by atoms with Crippen molar-refractivity contribution in [1.29, 1.82) is 0 Å². The third kappa shape index (κ3) is 4.30. The van der Waals surface area contributed by atoms with Crippen molar-refractivity contribution in [2.45, 2.75) is 37.8 Å². The number of aliphatic hydroxyl groups is 1. The van der Waals surface area contributed by atoms with Crippen LogP contribution in [0.2, 0.25) is 0 Å². The van der Waals surface area contributed by atoms with Crippen LogP contribution in [0.25, 0.3) is 0 Å². The first kappa shape index (κ1) is 20.9. The van der Waals surface area contributed by atoms with Crippen molar-refractivity contribution in [3.8, 4) is 0 Å². The number of nitrogens with one attached hydrogen (secondary N) is 1. The fourth-order valence-electron chi connectivity index (χ4n) is 2.81. The number of carbonyl (C=O) groups is 1. The molecule has 0 saturated heterocycles. The van der Waals surface area contributed by atoms with E-state index in [1.54, 1.807) is 60.7 Å². The first-order valence-corrected chi connectivity index (χ1v) is 8.43. The second-order valence-corrected chi connectivity index (χ2v) is 6.47. The van der Waals surface area contributed by atoms with Crippen LogP contribution in [0, 0.1) is 5.92 Å². The van der Waals surface area contributed by atoms with Crippen LogP contribution < -0.4 is 5.32 Å². The van der Waals surface area contributed by atoms with Gasteiger partial charge >= 0.3 is 6.18 Å². The van der Waals surface area contributed by atoms with Gasteiger partial charge in [-0.05, 0) is 18.1 Å². The van der Waals surface area contributed by atoms with E-state index < -0.39 is 35.8 Å². The highest BCUT2D eigenvalue weighted by Crippen LogP contribution is 2.42. The molecule has 3 atom stereocenters. The first-order chi connectivity index (χ1) is 12.6. The number of hydrogen-bond donors (Lipinski definition) is 2. The van der Waals surface area contributed by atoms with Gasteiger partial charge in [0.05, 0.1) is 12.1 Å². The van der Waals surface area contributed by atoms with E-state index in [1.165, 1.54) is 0 Å². The molecule has 146 valence electrons. The Morgan fingerprint density at radius 1 is 0.889 bits per heavy atom. The van der Waals surface area contributed by atoms with Crippen LogP contribution in [-0.4, -0.2) is 29.0 Å². The molecular weight excluding hydrogens is 362 g/mol.